The van der Waals surface area contributed by atoms with E-state index in [2.05, 4.69) is 4.74 Å². The van der Waals surface area contributed by atoms with Crippen molar-refractivity contribution in [1.82, 2.24) is 0 Å². The number of hydrogen-bond acceptors (Lipinski definition) is 5. The molecule has 1 atom stereocenters. The van der Waals surface area contributed by atoms with Crippen molar-refractivity contribution in [2.24, 2.45) is 5.92 Å². The first kappa shape index (κ1) is 21.9. The summed E-state index contributed by atoms with van der Waals surface area (Å²) in [7, 11) is 0. The summed E-state index contributed by atoms with van der Waals surface area (Å²) in [6.45, 7) is 2.67. The molecule has 2 rings (SSSR count). The van der Waals surface area contributed by atoms with Crippen LogP contribution in [0.4, 0.5) is 13.2 Å². The highest BCUT2D eigenvalue weighted by Gasteiger charge is 2.30. The average Bonchev–Trinajstić information content (AvgIpc) is 2.69. The lowest BCUT2D eigenvalue weighted by molar-refractivity contribution is -0.137. The molecule has 2 aromatic rings. The molecule has 0 amide bonds. The van der Waals surface area contributed by atoms with Crippen LogP contribution in [0.15, 0.2) is 53.4 Å². The Bertz CT molecular complexity index is 718. The van der Waals surface area contributed by atoms with E-state index in [1.54, 1.807) is 23.9 Å². The first-order valence-electron chi connectivity index (χ1n) is 8.63. The van der Waals surface area contributed by atoms with E-state index < -0.39 is 11.7 Å². The first-order chi connectivity index (χ1) is 13.4. The molecule has 4 nitrogen and oxygen atoms in total. The zero-order valence-corrected chi connectivity index (χ0v) is 16.1. The fourth-order valence-electron chi connectivity index (χ4n) is 2.21. The van der Waals surface area contributed by atoms with Crippen LogP contribution in [0.25, 0.3) is 0 Å². The normalized spacial score (nSPS) is 12.3. The van der Waals surface area contributed by atoms with Crippen LogP contribution >= 0.6 is 11.8 Å². The summed E-state index contributed by atoms with van der Waals surface area (Å²) in [5.41, 5.74) is -0.687. The minimum atomic E-state index is -4.34. The van der Waals surface area contributed by atoms with E-state index in [1.807, 2.05) is 19.1 Å². The van der Waals surface area contributed by atoms with Crippen LogP contribution in [0.5, 0.6) is 11.5 Å². The molecule has 0 bridgehead atoms. The van der Waals surface area contributed by atoms with E-state index in [1.165, 1.54) is 12.1 Å². The second kappa shape index (κ2) is 10.8. The minimum absolute atomic E-state index is 0.130. The van der Waals surface area contributed by atoms with Crippen molar-refractivity contribution in [2.75, 3.05) is 19.2 Å². The van der Waals surface area contributed by atoms with Crippen LogP contribution in [0, 0.1) is 5.92 Å². The van der Waals surface area contributed by atoms with Gasteiger partial charge in [-0.1, -0.05) is 6.92 Å². The monoisotopic (exact) mass is 414 g/mol. The number of halogens is 3. The molecule has 0 saturated heterocycles. The second-order valence-corrected chi connectivity index (χ2v) is 7.01. The standard InChI is InChI=1S/C20H21F3O4S/c1-2-15(11-26-17-5-3-16(4-6-17)20(21,22)23)12-28-19-9-7-18(8-10-19)27-14-25-13-24/h3-10,13,15H,2,11-12,14H2,1H3. The van der Waals surface area contributed by atoms with Crippen molar-refractivity contribution in [3.05, 3.63) is 54.1 Å². The smallest absolute Gasteiger partial charge is 0.416 e. The number of hydrogen-bond donors (Lipinski definition) is 0. The van der Waals surface area contributed by atoms with Crippen LogP contribution < -0.4 is 9.47 Å². The van der Waals surface area contributed by atoms with E-state index in [-0.39, 0.29) is 12.7 Å². The van der Waals surface area contributed by atoms with Gasteiger partial charge >= 0.3 is 6.18 Å². The summed E-state index contributed by atoms with van der Waals surface area (Å²) in [6, 6.07) is 12.1. The predicted molar refractivity (Wildman–Crippen MR) is 101 cm³/mol. The van der Waals surface area contributed by atoms with Crippen LogP contribution in [0.2, 0.25) is 0 Å². The number of ether oxygens (including phenoxy) is 3. The lowest BCUT2D eigenvalue weighted by Crippen LogP contribution is -2.14. The van der Waals surface area contributed by atoms with Gasteiger partial charge in [-0.3, -0.25) is 4.79 Å². The third kappa shape index (κ3) is 7.34. The van der Waals surface area contributed by atoms with E-state index in [0.29, 0.717) is 24.6 Å². The number of carbonyl (C=O) groups is 1. The zero-order valence-electron chi connectivity index (χ0n) is 15.3. The Morgan fingerprint density at radius 2 is 1.61 bits per heavy atom. The Morgan fingerprint density at radius 3 is 2.18 bits per heavy atom. The largest absolute Gasteiger partial charge is 0.493 e. The third-order valence-corrected chi connectivity index (χ3v) is 5.16. The minimum Gasteiger partial charge on any atom is -0.493 e. The Morgan fingerprint density at radius 1 is 1.00 bits per heavy atom. The van der Waals surface area contributed by atoms with Gasteiger partial charge in [0.25, 0.3) is 6.47 Å². The molecule has 0 heterocycles. The van der Waals surface area contributed by atoms with Crippen molar-refractivity contribution in [3.8, 4) is 11.5 Å². The van der Waals surface area contributed by atoms with Crippen LogP contribution in [-0.4, -0.2) is 25.6 Å². The average molecular weight is 414 g/mol. The van der Waals surface area contributed by atoms with Crippen molar-refractivity contribution in [1.29, 1.82) is 0 Å². The Labute approximate surface area is 166 Å². The van der Waals surface area contributed by atoms with Crippen molar-refractivity contribution >= 4 is 18.2 Å². The summed E-state index contributed by atoms with van der Waals surface area (Å²) in [6.07, 6.45) is -3.46. The van der Waals surface area contributed by atoms with Gasteiger partial charge in [-0.15, -0.1) is 11.8 Å². The van der Waals surface area contributed by atoms with Crippen LogP contribution in [0.1, 0.15) is 18.9 Å². The Hall–Kier alpha value is -2.35. The predicted octanol–water partition coefficient (Wildman–Crippen LogP) is 5.41. The molecule has 0 radical (unpaired) electrons. The second-order valence-electron chi connectivity index (χ2n) is 5.91. The van der Waals surface area contributed by atoms with Gasteiger partial charge in [0.1, 0.15) is 11.5 Å². The molecule has 0 saturated carbocycles. The summed E-state index contributed by atoms with van der Waals surface area (Å²) >= 11 is 1.66. The molecule has 0 spiro atoms. The van der Waals surface area contributed by atoms with Crippen molar-refractivity contribution < 1.29 is 32.2 Å². The highest BCUT2D eigenvalue weighted by atomic mass is 32.2. The van der Waals surface area contributed by atoms with Crippen LogP contribution in [-0.2, 0) is 15.7 Å². The van der Waals surface area contributed by atoms with Gasteiger partial charge in [0, 0.05) is 16.6 Å². The molecule has 28 heavy (non-hydrogen) atoms. The highest BCUT2D eigenvalue weighted by Crippen LogP contribution is 2.30. The lowest BCUT2D eigenvalue weighted by Gasteiger charge is -2.16. The molecule has 0 fully saturated rings. The van der Waals surface area contributed by atoms with Gasteiger partial charge in [-0.2, -0.15) is 13.2 Å². The van der Waals surface area contributed by atoms with Gasteiger partial charge in [-0.25, -0.2) is 0 Å². The van der Waals surface area contributed by atoms with E-state index in [9.17, 15) is 18.0 Å². The third-order valence-electron chi connectivity index (χ3n) is 3.92. The maximum absolute atomic E-state index is 12.6. The molecule has 0 aliphatic carbocycles. The molecule has 152 valence electrons. The van der Waals surface area contributed by atoms with Crippen LogP contribution in [0.3, 0.4) is 0 Å². The number of carbonyl (C=O) groups excluding carboxylic acids is 1. The maximum atomic E-state index is 12.6. The van der Waals surface area contributed by atoms with E-state index in [4.69, 9.17) is 9.47 Å². The van der Waals surface area contributed by atoms with E-state index in [0.717, 1.165) is 29.2 Å². The number of rotatable bonds is 11. The highest BCUT2D eigenvalue weighted by molar-refractivity contribution is 7.99. The molecule has 8 heteroatoms. The SMILES string of the molecule is CCC(COc1ccc(C(F)(F)F)cc1)CSc1ccc(OCOC=O)cc1. The van der Waals surface area contributed by atoms with Gasteiger partial charge in [-0.05, 0) is 55.0 Å². The summed E-state index contributed by atoms with van der Waals surface area (Å²) in [5.74, 6) is 2.09. The fraction of sp³-hybridized carbons (Fsp3) is 0.350. The quantitative estimate of drug-likeness (QED) is 0.213. The molecule has 0 aliphatic rings. The maximum Gasteiger partial charge on any atom is 0.416 e. The fourth-order valence-corrected chi connectivity index (χ4v) is 3.30. The van der Waals surface area contributed by atoms with E-state index >= 15 is 0 Å². The number of alkyl halides is 3. The topological polar surface area (TPSA) is 44.8 Å². The van der Waals surface area contributed by atoms with Gasteiger partial charge < -0.3 is 14.2 Å². The molecule has 0 N–H and O–H groups in total. The first-order valence-corrected chi connectivity index (χ1v) is 9.62. The molecule has 0 aliphatic heterocycles. The Balaban J connectivity index is 1.78. The molecular formula is C20H21F3O4S. The van der Waals surface area contributed by atoms with Gasteiger partial charge in [0.05, 0.1) is 12.2 Å². The molecular weight excluding hydrogens is 393 g/mol. The number of benzene rings is 2. The van der Waals surface area contributed by atoms with Crippen molar-refractivity contribution in [2.45, 2.75) is 24.4 Å². The molecule has 0 aromatic heterocycles. The molecule has 2 aromatic carbocycles. The zero-order chi connectivity index (χ0) is 20.4. The summed E-state index contributed by atoms with van der Waals surface area (Å²) < 4.78 is 53.1. The number of thioether (sulfide) groups is 1. The van der Waals surface area contributed by atoms with Gasteiger partial charge in [0.15, 0.2) is 0 Å². The summed E-state index contributed by atoms with van der Waals surface area (Å²) in [4.78, 5) is 11.1. The lowest BCUT2D eigenvalue weighted by atomic mass is 10.1. The van der Waals surface area contributed by atoms with Gasteiger partial charge in [0.2, 0.25) is 6.79 Å². The molecule has 1 unspecified atom stereocenters. The Kier molecular flexibility index (Phi) is 8.50. The van der Waals surface area contributed by atoms with Crippen molar-refractivity contribution in [3.63, 3.8) is 0 Å². The summed E-state index contributed by atoms with van der Waals surface area (Å²) in [5, 5.41) is 0.